The Hall–Kier alpha value is -1.58. The summed E-state index contributed by atoms with van der Waals surface area (Å²) in [6.45, 7) is 6.45. The molecule has 0 aliphatic heterocycles. The predicted molar refractivity (Wildman–Crippen MR) is 79.9 cm³/mol. The van der Waals surface area contributed by atoms with Crippen LogP contribution in [0, 0.1) is 18.8 Å². The first kappa shape index (κ1) is 14.8. The third-order valence-electron chi connectivity index (χ3n) is 4.02. The van der Waals surface area contributed by atoms with Gasteiger partial charge in [-0.15, -0.1) is 0 Å². The minimum Gasteiger partial charge on any atom is -0.465 e. The number of aromatic nitrogens is 1. The Balaban J connectivity index is 2.07. The predicted octanol–water partition coefficient (Wildman–Crippen LogP) is 3.41. The van der Waals surface area contributed by atoms with E-state index in [1.165, 1.54) is 26.4 Å². The number of hydrogen-bond acceptors (Lipinski definition) is 4. The summed E-state index contributed by atoms with van der Waals surface area (Å²) in [5.74, 6) is 2.03. The minimum atomic E-state index is -0.332. The zero-order chi connectivity index (χ0) is 14.7. The summed E-state index contributed by atoms with van der Waals surface area (Å²) in [6.07, 6.45) is 3.68. The lowest BCUT2D eigenvalue weighted by Crippen LogP contribution is -2.30. The van der Waals surface area contributed by atoms with Gasteiger partial charge in [0.05, 0.1) is 18.4 Å². The Morgan fingerprint density at radius 2 is 1.90 bits per heavy atom. The summed E-state index contributed by atoms with van der Waals surface area (Å²) < 4.78 is 4.74. The third kappa shape index (κ3) is 3.50. The standard InChI is InChI=1S/C16H24N2O2/c1-10-7-11(2)9-13(8-10)18-15-6-5-14(12(3)17-15)16(19)20-4/h5-6,10-11,13H,7-9H2,1-4H3,(H,17,18). The maximum Gasteiger partial charge on any atom is 0.339 e. The SMILES string of the molecule is COC(=O)c1ccc(NC2CC(C)CC(C)C2)nc1C. The van der Waals surface area contributed by atoms with Crippen LogP contribution in [-0.2, 0) is 4.74 Å². The number of nitrogens with one attached hydrogen (secondary N) is 1. The zero-order valence-electron chi connectivity index (χ0n) is 12.8. The lowest BCUT2D eigenvalue weighted by Gasteiger charge is -2.32. The van der Waals surface area contributed by atoms with E-state index in [0.29, 0.717) is 17.3 Å². The van der Waals surface area contributed by atoms with Crippen molar-refractivity contribution in [3.8, 4) is 0 Å². The van der Waals surface area contributed by atoms with Crippen molar-refractivity contribution in [1.29, 1.82) is 0 Å². The minimum absolute atomic E-state index is 0.332. The van der Waals surface area contributed by atoms with E-state index in [1.807, 2.05) is 13.0 Å². The fourth-order valence-corrected chi connectivity index (χ4v) is 3.24. The van der Waals surface area contributed by atoms with Crippen molar-refractivity contribution in [3.05, 3.63) is 23.4 Å². The molecule has 2 rings (SSSR count). The lowest BCUT2D eigenvalue weighted by atomic mass is 9.80. The molecule has 1 aromatic rings. The van der Waals surface area contributed by atoms with E-state index in [-0.39, 0.29) is 5.97 Å². The van der Waals surface area contributed by atoms with Gasteiger partial charge in [-0.05, 0) is 50.2 Å². The molecule has 1 fully saturated rings. The first-order chi connectivity index (χ1) is 9.49. The van der Waals surface area contributed by atoms with Crippen molar-refractivity contribution in [2.75, 3.05) is 12.4 Å². The van der Waals surface area contributed by atoms with Crippen LogP contribution in [0.25, 0.3) is 0 Å². The van der Waals surface area contributed by atoms with Crippen LogP contribution < -0.4 is 5.32 Å². The van der Waals surface area contributed by atoms with Crippen LogP contribution in [0.2, 0.25) is 0 Å². The van der Waals surface area contributed by atoms with Gasteiger partial charge in [0.15, 0.2) is 0 Å². The molecule has 0 bridgehead atoms. The van der Waals surface area contributed by atoms with E-state index in [0.717, 1.165) is 17.7 Å². The maximum atomic E-state index is 11.5. The first-order valence-electron chi connectivity index (χ1n) is 7.32. The summed E-state index contributed by atoms with van der Waals surface area (Å²) in [6, 6.07) is 4.12. The van der Waals surface area contributed by atoms with Crippen LogP contribution in [0.4, 0.5) is 5.82 Å². The molecule has 1 aromatic heterocycles. The summed E-state index contributed by atoms with van der Waals surface area (Å²) in [5.41, 5.74) is 1.24. The van der Waals surface area contributed by atoms with Crippen molar-refractivity contribution in [1.82, 2.24) is 4.98 Å². The molecule has 0 saturated heterocycles. The normalized spacial score (nSPS) is 26.1. The maximum absolute atomic E-state index is 11.5. The molecule has 1 N–H and O–H groups in total. The molecule has 0 amide bonds. The molecular weight excluding hydrogens is 252 g/mol. The van der Waals surface area contributed by atoms with Gasteiger partial charge in [-0.2, -0.15) is 0 Å². The van der Waals surface area contributed by atoms with Crippen molar-refractivity contribution in [3.63, 3.8) is 0 Å². The molecule has 0 aromatic carbocycles. The van der Waals surface area contributed by atoms with E-state index in [4.69, 9.17) is 4.74 Å². The molecule has 1 aliphatic rings. The number of hydrogen-bond donors (Lipinski definition) is 1. The molecule has 4 nitrogen and oxygen atoms in total. The second-order valence-electron chi connectivity index (χ2n) is 6.08. The highest BCUT2D eigenvalue weighted by molar-refractivity contribution is 5.90. The number of esters is 1. The summed E-state index contributed by atoms with van der Waals surface area (Å²) in [7, 11) is 1.39. The number of anilines is 1. The Morgan fingerprint density at radius 1 is 1.25 bits per heavy atom. The molecule has 2 atom stereocenters. The van der Waals surface area contributed by atoms with Crippen LogP contribution in [0.5, 0.6) is 0 Å². The fraction of sp³-hybridized carbons (Fsp3) is 0.625. The van der Waals surface area contributed by atoms with Crippen molar-refractivity contribution >= 4 is 11.8 Å². The van der Waals surface area contributed by atoms with Gasteiger partial charge in [-0.25, -0.2) is 9.78 Å². The summed E-state index contributed by atoms with van der Waals surface area (Å²) in [5, 5.41) is 3.50. The van der Waals surface area contributed by atoms with Gasteiger partial charge < -0.3 is 10.1 Å². The Kier molecular flexibility index (Phi) is 4.63. The van der Waals surface area contributed by atoms with Crippen LogP contribution in [0.15, 0.2) is 12.1 Å². The average molecular weight is 276 g/mol. The van der Waals surface area contributed by atoms with E-state index < -0.39 is 0 Å². The van der Waals surface area contributed by atoms with Crippen molar-refractivity contribution in [2.24, 2.45) is 11.8 Å². The Labute approximate surface area is 120 Å². The number of pyridine rings is 1. The number of aryl methyl sites for hydroxylation is 1. The molecule has 0 spiro atoms. The van der Waals surface area contributed by atoms with Crippen LogP contribution in [0.3, 0.4) is 0 Å². The average Bonchev–Trinajstić information content (AvgIpc) is 2.36. The number of methoxy groups -OCH3 is 1. The monoisotopic (exact) mass is 276 g/mol. The second kappa shape index (κ2) is 6.25. The number of nitrogens with zero attached hydrogens (tertiary/aromatic N) is 1. The molecule has 1 heterocycles. The van der Waals surface area contributed by atoms with E-state index >= 15 is 0 Å². The molecule has 2 unspecified atom stereocenters. The number of ether oxygens (including phenoxy) is 1. The zero-order valence-corrected chi connectivity index (χ0v) is 12.8. The van der Waals surface area contributed by atoms with Gasteiger partial charge >= 0.3 is 5.97 Å². The van der Waals surface area contributed by atoms with Crippen LogP contribution in [-0.4, -0.2) is 24.1 Å². The van der Waals surface area contributed by atoms with Crippen LogP contribution in [0.1, 0.15) is 49.2 Å². The number of carbonyl (C=O) groups excluding carboxylic acids is 1. The number of carbonyl (C=O) groups is 1. The van der Waals surface area contributed by atoms with Gasteiger partial charge in [0.25, 0.3) is 0 Å². The highest BCUT2D eigenvalue weighted by atomic mass is 16.5. The Bertz CT molecular complexity index is 477. The molecule has 110 valence electrons. The largest absolute Gasteiger partial charge is 0.465 e. The summed E-state index contributed by atoms with van der Waals surface area (Å²) in [4.78, 5) is 16.0. The van der Waals surface area contributed by atoms with Gasteiger partial charge in [0.1, 0.15) is 5.82 Å². The molecule has 0 radical (unpaired) electrons. The van der Waals surface area contributed by atoms with Gasteiger partial charge in [0.2, 0.25) is 0 Å². The molecule has 1 aliphatic carbocycles. The van der Waals surface area contributed by atoms with Crippen molar-refractivity contribution < 1.29 is 9.53 Å². The van der Waals surface area contributed by atoms with Crippen molar-refractivity contribution in [2.45, 2.75) is 46.1 Å². The Morgan fingerprint density at radius 3 is 2.45 bits per heavy atom. The third-order valence-corrected chi connectivity index (χ3v) is 4.02. The van der Waals surface area contributed by atoms with Gasteiger partial charge in [0, 0.05) is 6.04 Å². The summed E-state index contributed by atoms with van der Waals surface area (Å²) >= 11 is 0. The number of rotatable bonds is 3. The quantitative estimate of drug-likeness (QED) is 0.860. The van der Waals surface area contributed by atoms with Crippen LogP contribution >= 0.6 is 0 Å². The van der Waals surface area contributed by atoms with E-state index in [1.54, 1.807) is 6.07 Å². The first-order valence-corrected chi connectivity index (χ1v) is 7.32. The molecule has 4 heteroatoms. The molecule has 20 heavy (non-hydrogen) atoms. The molecular formula is C16H24N2O2. The van der Waals surface area contributed by atoms with Gasteiger partial charge in [-0.3, -0.25) is 0 Å². The second-order valence-corrected chi connectivity index (χ2v) is 6.08. The van der Waals surface area contributed by atoms with E-state index in [9.17, 15) is 4.79 Å². The highest BCUT2D eigenvalue weighted by Gasteiger charge is 2.24. The smallest absolute Gasteiger partial charge is 0.339 e. The van der Waals surface area contributed by atoms with Gasteiger partial charge in [-0.1, -0.05) is 13.8 Å². The highest BCUT2D eigenvalue weighted by Crippen LogP contribution is 2.30. The fourth-order valence-electron chi connectivity index (χ4n) is 3.24. The molecule has 1 saturated carbocycles. The topological polar surface area (TPSA) is 51.2 Å². The van der Waals surface area contributed by atoms with E-state index in [2.05, 4.69) is 24.1 Å². The lowest BCUT2D eigenvalue weighted by molar-refractivity contribution is 0.0599.